The molecule has 0 atom stereocenters. The predicted molar refractivity (Wildman–Crippen MR) is 119 cm³/mol. The van der Waals surface area contributed by atoms with Crippen molar-refractivity contribution in [2.45, 2.75) is 63.7 Å². The lowest BCUT2D eigenvalue weighted by atomic mass is 10.1. The molecule has 2 aromatic carbocycles. The third-order valence-corrected chi connectivity index (χ3v) is 5.83. The number of amides is 1. The Kier molecular flexibility index (Phi) is 9.54. The number of hydrazone groups is 1. The number of para-hydroxylation sites is 1. The second kappa shape index (κ2) is 12.1. The molecular formula is C23H30N2O4S. The molecule has 0 bridgehead atoms. The predicted octanol–water partition coefficient (Wildman–Crippen LogP) is 4.96. The van der Waals surface area contributed by atoms with E-state index in [0.717, 1.165) is 24.8 Å². The van der Waals surface area contributed by atoms with Gasteiger partial charge in [-0.3, -0.25) is 4.79 Å². The minimum atomic E-state index is -3.96. The fraction of sp³-hybridized carbons (Fsp3) is 0.391. The van der Waals surface area contributed by atoms with Crippen molar-refractivity contribution >= 4 is 22.2 Å². The molecule has 0 spiro atoms. The number of carbonyl (C=O) groups excluding carboxylic acids is 1. The Hall–Kier alpha value is -2.67. The number of unbranched alkanes of at least 4 members (excludes halogenated alkanes) is 5. The zero-order valence-electron chi connectivity index (χ0n) is 17.6. The van der Waals surface area contributed by atoms with Gasteiger partial charge in [0.05, 0.1) is 6.21 Å². The van der Waals surface area contributed by atoms with E-state index in [4.69, 9.17) is 4.18 Å². The van der Waals surface area contributed by atoms with Crippen molar-refractivity contribution in [2.24, 2.45) is 5.10 Å². The average Bonchev–Trinajstić information content (AvgIpc) is 2.72. The summed E-state index contributed by atoms with van der Waals surface area (Å²) in [5, 5.41) is 3.95. The second-order valence-electron chi connectivity index (χ2n) is 7.20. The van der Waals surface area contributed by atoms with Gasteiger partial charge >= 0.3 is 10.1 Å². The third kappa shape index (κ3) is 7.99. The molecule has 0 aromatic heterocycles. The zero-order chi connectivity index (χ0) is 21.8. The molecular weight excluding hydrogens is 400 g/mol. The summed E-state index contributed by atoms with van der Waals surface area (Å²) in [5.41, 5.74) is 3.90. The molecule has 2 aromatic rings. The second-order valence-corrected chi connectivity index (χ2v) is 8.75. The van der Waals surface area contributed by atoms with Gasteiger partial charge in [0.1, 0.15) is 4.90 Å². The molecule has 0 aliphatic carbocycles. The number of aryl methyl sites for hydroxylation is 1. The van der Waals surface area contributed by atoms with Crippen molar-refractivity contribution < 1.29 is 17.4 Å². The summed E-state index contributed by atoms with van der Waals surface area (Å²) >= 11 is 0. The summed E-state index contributed by atoms with van der Waals surface area (Å²) in [7, 11) is -3.96. The normalized spacial score (nSPS) is 11.5. The standard InChI is InChI=1S/C23H30N2O4S/c1-3-4-5-6-7-8-13-23(26)25-24-18-20-11-9-10-12-22(20)29-30(27,28)21-16-14-19(2)15-17-21/h9-12,14-18H,3-8,13H2,1-2H3,(H,25,26)/b24-18-. The van der Waals surface area contributed by atoms with E-state index in [1.807, 2.05) is 6.92 Å². The summed E-state index contributed by atoms with van der Waals surface area (Å²) < 4.78 is 30.3. The van der Waals surface area contributed by atoms with Crippen LogP contribution in [0.3, 0.4) is 0 Å². The van der Waals surface area contributed by atoms with Gasteiger partial charge < -0.3 is 4.18 Å². The maximum Gasteiger partial charge on any atom is 0.339 e. The molecule has 0 heterocycles. The van der Waals surface area contributed by atoms with Gasteiger partial charge in [0, 0.05) is 12.0 Å². The molecule has 0 saturated heterocycles. The van der Waals surface area contributed by atoms with E-state index in [0.29, 0.717) is 12.0 Å². The molecule has 30 heavy (non-hydrogen) atoms. The third-order valence-electron chi connectivity index (χ3n) is 4.58. The number of benzene rings is 2. The highest BCUT2D eigenvalue weighted by Gasteiger charge is 2.17. The number of hydrogen-bond donors (Lipinski definition) is 1. The molecule has 2 rings (SSSR count). The van der Waals surface area contributed by atoms with E-state index in [-0.39, 0.29) is 16.6 Å². The molecule has 1 amide bonds. The van der Waals surface area contributed by atoms with Gasteiger partial charge in [-0.1, -0.05) is 68.9 Å². The van der Waals surface area contributed by atoms with Crippen LogP contribution >= 0.6 is 0 Å². The van der Waals surface area contributed by atoms with Crippen molar-refractivity contribution in [2.75, 3.05) is 0 Å². The van der Waals surface area contributed by atoms with E-state index < -0.39 is 10.1 Å². The van der Waals surface area contributed by atoms with Crippen LogP contribution < -0.4 is 9.61 Å². The molecule has 0 saturated carbocycles. The monoisotopic (exact) mass is 430 g/mol. The zero-order valence-corrected chi connectivity index (χ0v) is 18.5. The number of nitrogens with one attached hydrogen (secondary N) is 1. The largest absolute Gasteiger partial charge is 0.378 e. The van der Waals surface area contributed by atoms with Gasteiger partial charge in [-0.25, -0.2) is 5.43 Å². The van der Waals surface area contributed by atoms with Gasteiger partial charge in [-0.15, -0.1) is 0 Å². The number of carbonyl (C=O) groups is 1. The lowest BCUT2D eigenvalue weighted by molar-refractivity contribution is -0.121. The summed E-state index contributed by atoms with van der Waals surface area (Å²) in [6, 6.07) is 13.1. The summed E-state index contributed by atoms with van der Waals surface area (Å²) in [4.78, 5) is 12.0. The van der Waals surface area contributed by atoms with E-state index in [1.54, 1.807) is 36.4 Å². The van der Waals surface area contributed by atoms with Crippen LogP contribution in [0.4, 0.5) is 0 Å². The van der Waals surface area contributed by atoms with Crippen LogP contribution in [0.25, 0.3) is 0 Å². The minimum absolute atomic E-state index is 0.0760. The van der Waals surface area contributed by atoms with Crippen molar-refractivity contribution in [3.8, 4) is 5.75 Å². The molecule has 0 radical (unpaired) electrons. The lowest BCUT2D eigenvalue weighted by Crippen LogP contribution is -2.17. The fourth-order valence-electron chi connectivity index (χ4n) is 2.83. The first-order valence-electron chi connectivity index (χ1n) is 10.3. The first kappa shape index (κ1) is 23.6. The van der Waals surface area contributed by atoms with Gasteiger partial charge in [0.15, 0.2) is 5.75 Å². The first-order chi connectivity index (χ1) is 14.4. The molecule has 6 nitrogen and oxygen atoms in total. The number of hydrogen-bond acceptors (Lipinski definition) is 5. The van der Waals surface area contributed by atoms with Gasteiger partial charge in [0.2, 0.25) is 5.91 Å². The van der Waals surface area contributed by atoms with Crippen LogP contribution in [0.5, 0.6) is 5.75 Å². The van der Waals surface area contributed by atoms with Gasteiger partial charge in [0.25, 0.3) is 0 Å². The van der Waals surface area contributed by atoms with E-state index in [9.17, 15) is 13.2 Å². The maximum absolute atomic E-state index is 12.5. The number of nitrogens with zero attached hydrogens (tertiary/aromatic N) is 1. The highest BCUT2D eigenvalue weighted by Crippen LogP contribution is 2.22. The lowest BCUT2D eigenvalue weighted by Gasteiger charge is -2.09. The maximum atomic E-state index is 12.5. The van der Waals surface area contributed by atoms with Crippen LogP contribution in [-0.4, -0.2) is 20.5 Å². The van der Waals surface area contributed by atoms with Crippen LogP contribution in [0, 0.1) is 6.92 Å². The van der Waals surface area contributed by atoms with E-state index in [1.165, 1.54) is 37.6 Å². The van der Waals surface area contributed by atoms with Crippen molar-refractivity contribution in [1.82, 2.24) is 5.43 Å². The van der Waals surface area contributed by atoms with Crippen molar-refractivity contribution in [3.63, 3.8) is 0 Å². The Bertz CT molecular complexity index is 938. The van der Waals surface area contributed by atoms with Crippen LogP contribution in [0.15, 0.2) is 58.5 Å². The Morgan fingerprint density at radius 2 is 1.67 bits per heavy atom. The molecule has 7 heteroatoms. The smallest absolute Gasteiger partial charge is 0.339 e. The van der Waals surface area contributed by atoms with E-state index >= 15 is 0 Å². The average molecular weight is 431 g/mol. The molecule has 162 valence electrons. The highest BCUT2D eigenvalue weighted by atomic mass is 32.2. The Morgan fingerprint density at radius 1 is 1.00 bits per heavy atom. The Morgan fingerprint density at radius 3 is 2.40 bits per heavy atom. The van der Waals surface area contributed by atoms with Crippen molar-refractivity contribution in [1.29, 1.82) is 0 Å². The summed E-state index contributed by atoms with van der Waals surface area (Å²) in [6.07, 6.45) is 8.46. The molecule has 0 unspecified atom stereocenters. The minimum Gasteiger partial charge on any atom is -0.378 e. The fourth-order valence-corrected chi connectivity index (χ4v) is 3.78. The van der Waals surface area contributed by atoms with Crippen LogP contribution in [0.2, 0.25) is 0 Å². The number of rotatable bonds is 12. The highest BCUT2D eigenvalue weighted by molar-refractivity contribution is 7.87. The molecule has 1 N–H and O–H groups in total. The van der Waals surface area contributed by atoms with Gasteiger partial charge in [-0.2, -0.15) is 13.5 Å². The topological polar surface area (TPSA) is 84.8 Å². The molecule has 0 aliphatic rings. The van der Waals surface area contributed by atoms with Crippen LogP contribution in [0.1, 0.15) is 63.0 Å². The SMILES string of the molecule is CCCCCCCCC(=O)N/N=C\c1ccccc1OS(=O)(=O)c1ccc(C)cc1. The summed E-state index contributed by atoms with van der Waals surface area (Å²) in [6.45, 7) is 4.05. The quantitative estimate of drug-likeness (QED) is 0.223. The molecule has 0 fully saturated rings. The van der Waals surface area contributed by atoms with Gasteiger partial charge in [-0.05, 0) is 37.6 Å². The van der Waals surface area contributed by atoms with Crippen LogP contribution in [-0.2, 0) is 14.9 Å². The Balaban J connectivity index is 1.92. The Labute approximate surface area is 179 Å². The molecule has 0 aliphatic heterocycles. The summed E-state index contributed by atoms with van der Waals surface area (Å²) in [5.74, 6) is -0.0144. The van der Waals surface area contributed by atoms with E-state index in [2.05, 4.69) is 17.5 Å². The van der Waals surface area contributed by atoms with Crippen molar-refractivity contribution in [3.05, 3.63) is 59.7 Å². The first-order valence-corrected chi connectivity index (χ1v) is 11.8.